The van der Waals surface area contributed by atoms with Crippen LogP contribution in [0.4, 0.5) is 0 Å². The monoisotopic (exact) mass is 264 g/mol. The average Bonchev–Trinajstić information content (AvgIpc) is 2.48. The molecule has 1 atom stereocenters. The minimum absolute atomic E-state index is 0.108. The lowest BCUT2D eigenvalue weighted by atomic mass is 9.88. The topological polar surface area (TPSA) is 114 Å². The van der Waals surface area contributed by atoms with E-state index in [9.17, 15) is 8.42 Å². The molecule has 6 nitrogen and oxygen atoms in total. The second-order valence-electron chi connectivity index (χ2n) is 3.60. The number of thiazole rings is 1. The quantitative estimate of drug-likeness (QED) is 0.517. The van der Waals surface area contributed by atoms with E-state index >= 15 is 0 Å². The minimum atomic E-state index is -3.10. The Bertz CT molecular complexity index is 445. The van der Waals surface area contributed by atoms with Gasteiger partial charge in [0.2, 0.25) is 0 Å². The third kappa shape index (κ3) is 4.58. The highest BCUT2D eigenvalue weighted by Crippen LogP contribution is 2.06. The molecule has 0 aromatic carbocycles. The molecule has 0 aliphatic carbocycles. The van der Waals surface area contributed by atoms with Crippen molar-refractivity contribution in [3.05, 3.63) is 10.4 Å². The van der Waals surface area contributed by atoms with Crippen LogP contribution in [0.25, 0.3) is 0 Å². The van der Waals surface area contributed by atoms with Gasteiger partial charge in [-0.2, -0.15) is 0 Å². The van der Waals surface area contributed by atoms with Crippen molar-refractivity contribution in [2.24, 2.45) is 5.73 Å². The van der Waals surface area contributed by atoms with Crippen LogP contribution in [-0.2, 0) is 16.3 Å². The molecule has 4 N–H and O–H groups in total. The van der Waals surface area contributed by atoms with E-state index in [1.54, 1.807) is 0 Å². The van der Waals surface area contributed by atoms with E-state index in [2.05, 4.69) is 4.98 Å². The summed E-state index contributed by atoms with van der Waals surface area (Å²) in [6, 6.07) is -0.523. The van der Waals surface area contributed by atoms with Gasteiger partial charge < -0.3 is 15.8 Å². The van der Waals surface area contributed by atoms with Gasteiger partial charge in [-0.25, -0.2) is 8.42 Å². The van der Waals surface area contributed by atoms with Crippen molar-refractivity contribution in [1.29, 1.82) is 0 Å². The van der Waals surface area contributed by atoms with Crippen LogP contribution < -0.4 is 11.3 Å². The highest BCUT2D eigenvalue weighted by atomic mass is 32.2. The van der Waals surface area contributed by atoms with Crippen LogP contribution >= 0.6 is 11.3 Å². The minimum Gasteiger partial charge on any atom is -0.422 e. The van der Waals surface area contributed by atoms with Crippen molar-refractivity contribution in [1.82, 2.24) is 4.98 Å². The highest BCUT2D eigenvalue weighted by molar-refractivity contribution is 7.90. The number of rotatable bonds is 5. The van der Waals surface area contributed by atoms with Crippen LogP contribution in [0.1, 0.15) is 5.01 Å². The van der Waals surface area contributed by atoms with E-state index in [1.807, 2.05) is 0 Å². The Morgan fingerprint density at radius 3 is 2.69 bits per heavy atom. The van der Waals surface area contributed by atoms with E-state index in [-0.39, 0.29) is 11.3 Å². The van der Waals surface area contributed by atoms with Crippen LogP contribution in [0.5, 0.6) is 0 Å². The van der Waals surface area contributed by atoms with Crippen molar-refractivity contribution >= 4 is 33.9 Å². The molecule has 1 aromatic heterocycles. The molecule has 0 saturated heterocycles. The Morgan fingerprint density at radius 2 is 2.25 bits per heavy atom. The summed E-state index contributed by atoms with van der Waals surface area (Å²) < 4.78 is 21.9. The van der Waals surface area contributed by atoms with Crippen molar-refractivity contribution in [2.75, 3.05) is 12.0 Å². The normalized spacial score (nSPS) is 13.8. The molecule has 1 heterocycles. The standard InChI is InChI=1S/C7H13BN2O4S2/c1-16(13,14)4-5(9)2-7-10-6(3-15-7)8(11)12/h3,5,11-12H,2,4,9H2,1H3. The summed E-state index contributed by atoms with van der Waals surface area (Å²) in [6.07, 6.45) is 1.43. The van der Waals surface area contributed by atoms with Crippen LogP contribution in [-0.4, -0.2) is 48.6 Å². The molecule has 0 saturated carbocycles. The van der Waals surface area contributed by atoms with Crippen molar-refractivity contribution in [3.63, 3.8) is 0 Å². The molecule has 0 spiro atoms. The third-order valence-corrected chi connectivity index (χ3v) is 3.71. The van der Waals surface area contributed by atoms with Crippen molar-refractivity contribution in [3.8, 4) is 0 Å². The molecule has 0 radical (unpaired) electrons. The predicted octanol–water partition coefficient (Wildman–Crippen LogP) is -2.26. The molecule has 0 aliphatic heterocycles. The van der Waals surface area contributed by atoms with E-state index in [1.165, 1.54) is 16.7 Å². The molecule has 0 amide bonds. The molecule has 16 heavy (non-hydrogen) atoms. The van der Waals surface area contributed by atoms with Gasteiger partial charge in [0.05, 0.1) is 16.4 Å². The number of hydrogen-bond donors (Lipinski definition) is 3. The van der Waals surface area contributed by atoms with Crippen LogP contribution in [0.3, 0.4) is 0 Å². The molecule has 90 valence electrons. The Hall–Kier alpha value is -0.475. The molecular formula is C7H13BN2O4S2. The molecule has 1 aromatic rings. The molecule has 1 rings (SSSR count). The zero-order chi connectivity index (χ0) is 12.3. The fourth-order valence-electron chi connectivity index (χ4n) is 1.21. The lowest BCUT2D eigenvalue weighted by molar-refractivity contribution is 0.424. The lowest BCUT2D eigenvalue weighted by Crippen LogP contribution is -2.33. The Labute approximate surface area is 98.2 Å². The highest BCUT2D eigenvalue weighted by Gasteiger charge is 2.18. The smallest absolute Gasteiger partial charge is 0.422 e. The van der Waals surface area contributed by atoms with Gasteiger partial charge in [0, 0.05) is 24.1 Å². The number of hydrogen-bond acceptors (Lipinski definition) is 7. The SMILES string of the molecule is CS(=O)(=O)CC(N)Cc1nc(B(O)O)cs1. The van der Waals surface area contributed by atoms with Gasteiger partial charge in [0.1, 0.15) is 9.84 Å². The van der Waals surface area contributed by atoms with Gasteiger partial charge in [0.25, 0.3) is 0 Å². The zero-order valence-electron chi connectivity index (χ0n) is 8.70. The fraction of sp³-hybridized carbons (Fsp3) is 0.571. The van der Waals surface area contributed by atoms with E-state index in [4.69, 9.17) is 15.8 Å². The second-order valence-corrected chi connectivity index (χ2v) is 6.72. The first-order chi connectivity index (χ1) is 7.28. The van der Waals surface area contributed by atoms with Gasteiger partial charge in [-0.1, -0.05) is 0 Å². The maximum Gasteiger partial charge on any atom is 0.509 e. The summed E-state index contributed by atoms with van der Waals surface area (Å²) in [5.41, 5.74) is 5.80. The summed E-state index contributed by atoms with van der Waals surface area (Å²) >= 11 is 1.23. The number of nitrogens with zero attached hydrogens (tertiary/aromatic N) is 1. The number of aromatic nitrogens is 1. The second kappa shape index (κ2) is 5.24. The van der Waals surface area contributed by atoms with E-state index in [0.717, 1.165) is 6.26 Å². The first kappa shape index (κ1) is 13.6. The fourth-order valence-corrected chi connectivity index (χ4v) is 3.00. The van der Waals surface area contributed by atoms with Crippen LogP contribution in [0, 0.1) is 0 Å². The summed E-state index contributed by atoms with van der Waals surface area (Å²) in [5, 5.41) is 19.8. The summed E-state index contributed by atoms with van der Waals surface area (Å²) in [4.78, 5) is 3.92. The van der Waals surface area contributed by atoms with Crippen molar-refractivity contribution < 1.29 is 18.5 Å². The zero-order valence-corrected chi connectivity index (χ0v) is 10.3. The third-order valence-electron chi connectivity index (χ3n) is 1.79. The molecule has 9 heteroatoms. The Balaban J connectivity index is 2.59. The lowest BCUT2D eigenvalue weighted by Gasteiger charge is -2.07. The Morgan fingerprint density at radius 1 is 1.62 bits per heavy atom. The molecular weight excluding hydrogens is 251 g/mol. The number of nitrogens with two attached hydrogens (primary N) is 1. The average molecular weight is 264 g/mol. The predicted molar refractivity (Wildman–Crippen MR) is 63.3 cm³/mol. The van der Waals surface area contributed by atoms with Gasteiger partial charge in [-0.05, 0) is 0 Å². The van der Waals surface area contributed by atoms with Crippen molar-refractivity contribution in [2.45, 2.75) is 12.5 Å². The molecule has 0 fully saturated rings. The molecule has 1 unspecified atom stereocenters. The van der Waals surface area contributed by atoms with Gasteiger partial charge in [0.15, 0.2) is 0 Å². The van der Waals surface area contributed by atoms with Crippen LogP contribution in [0.2, 0.25) is 0 Å². The first-order valence-electron chi connectivity index (χ1n) is 4.51. The molecule has 0 bridgehead atoms. The molecule has 0 aliphatic rings. The van der Waals surface area contributed by atoms with Gasteiger partial charge >= 0.3 is 7.12 Å². The van der Waals surface area contributed by atoms with E-state index < -0.39 is 23.0 Å². The first-order valence-corrected chi connectivity index (χ1v) is 7.45. The van der Waals surface area contributed by atoms with Gasteiger partial charge in [-0.3, -0.25) is 4.98 Å². The Kier molecular flexibility index (Phi) is 4.45. The maximum atomic E-state index is 11.0. The summed E-state index contributed by atoms with van der Waals surface area (Å²) in [7, 11) is -4.70. The summed E-state index contributed by atoms with van der Waals surface area (Å²) in [6.45, 7) is 0. The van der Waals surface area contributed by atoms with Crippen LogP contribution in [0.15, 0.2) is 5.38 Å². The maximum absolute atomic E-state index is 11.0. The van der Waals surface area contributed by atoms with E-state index in [0.29, 0.717) is 11.4 Å². The largest absolute Gasteiger partial charge is 0.509 e. The summed E-state index contributed by atoms with van der Waals surface area (Å²) in [5.74, 6) is -0.108. The number of sulfone groups is 1. The van der Waals surface area contributed by atoms with Gasteiger partial charge in [-0.15, -0.1) is 11.3 Å².